The standard InChI is InChI=1S/C16H20N2O2/c1-3-6-16-17-9-10-18(16)11-12-20-15-8-5-4-7-14(15)13(2)19/h4-5,7-10H,3,6,11-12H2,1-2H3. The number of ketones is 1. The van der Waals surface area contributed by atoms with Gasteiger partial charge in [0.15, 0.2) is 5.78 Å². The van der Waals surface area contributed by atoms with E-state index in [1.807, 2.05) is 30.6 Å². The monoisotopic (exact) mass is 272 g/mol. The van der Waals surface area contributed by atoms with Gasteiger partial charge in [0.1, 0.15) is 18.2 Å². The fourth-order valence-corrected chi connectivity index (χ4v) is 2.13. The van der Waals surface area contributed by atoms with Gasteiger partial charge in [0.25, 0.3) is 0 Å². The Morgan fingerprint density at radius 2 is 2.15 bits per heavy atom. The molecule has 0 amide bonds. The van der Waals surface area contributed by atoms with Crippen molar-refractivity contribution < 1.29 is 9.53 Å². The molecule has 0 radical (unpaired) electrons. The number of carbonyl (C=O) groups is 1. The van der Waals surface area contributed by atoms with Crippen molar-refractivity contribution in [1.82, 2.24) is 9.55 Å². The second kappa shape index (κ2) is 6.89. The zero-order valence-corrected chi connectivity index (χ0v) is 12.0. The average molecular weight is 272 g/mol. The van der Waals surface area contributed by atoms with Crippen LogP contribution in [0.1, 0.15) is 36.5 Å². The number of ether oxygens (including phenoxy) is 1. The fourth-order valence-electron chi connectivity index (χ4n) is 2.13. The van der Waals surface area contributed by atoms with Gasteiger partial charge in [-0.1, -0.05) is 19.1 Å². The minimum Gasteiger partial charge on any atom is -0.491 e. The molecule has 4 heteroatoms. The molecule has 0 N–H and O–H groups in total. The Bertz CT molecular complexity index is 575. The normalized spacial score (nSPS) is 10.5. The van der Waals surface area contributed by atoms with Gasteiger partial charge in [0, 0.05) is 18.8 Å². The van der Waals surface area contributed by atoms with E-state index in [-0.39, 0.29) is 5.78 Å². The van der Waals surface area contributed by atoms with E-state index in [0.717, 1.165) is 25.2 Å². The van der Waals surface area contributed by atoms with E-state index in [9.17, 15) is 4.79 Å². The zero-order chi connectivity index (χ0) is 14.4. The summed E-state index contributed by atoms with van der Waals surface area (Å²) in [5, 5.41) is 0. The highest BCUT2D eigenvalue weighted by Crippen LogP contribution is 2.18. The molecule has 106 valence electrons. The number of imidazole rings is 1. The number of hydrogen-bond donors (Lipinski definition) is 0. The molecular weight excluding hydrogens is 252 g/mol. The second-order valence-electron chi connectivity index (χ2n) is 4.69. The summed E-state index contributed by atoms with van der Waals surface area (Å²) in [5.41, 5.74) is 0.631. The number of rotatable bonds is 7. The van der Waals surface area contributed by atoms with Crippen LogP contribution in [0.5, 0.6) is 5.75 Å². The predicted molar refractivity (Wildman–Crippen MR) is 78.2 cm³/mol. The number of aromatic nitrogens is 2. The van der Waals surface area contributed by atoms with Crippen molar-refractivity contribution in [2.45, 2.75) is 33.2 Å². The Balaban J connectivity index is 1.96. The zero-order valence-electron chi connectivity index (χ0n) is 12.0. The first-order chi connectivity index (χ1) is 9.72. The van der Waals surface area contributed by atoms with Gasteiger partial charge in [0.2, 0.25) is 0 Å². The van der Waals surface area contributed by atoms with Gasteiger partial charge in [-0.3, -0.25) is 4.79 Å². The van der Waals surface area contributed by atoms with E-state index in [4.69, 9.17) is 4.74 Å². The quantitative estimate of drug-likeness (QED) is 0.727. The van der Waals surface area contributed by atoms with Crippen molar-refractivity contribution in [3.8, 4) is 5.75 Å². The van der Waals surface area contributed by atoms with Crippen LogP contribution in [0.25, 0.3) is 0 Å². The summed E-state index contributed by atoms with van der Waals surface area (Å²) < 4.78 is 7.83. The smallest absolute Gasteiger partial charge is 0.163 e. The lowest BCUT2D eigenvalue weighted by Gasteiger charge is -2.11. The molecule has 0 saturated heterocycles. The molecule has 4 nitrogen and oxygen atoms in total. The lowest BCUT2D eigenvalue weighted by atomic mass is 10.1. The molecule has 1 aromatic heterocycles. The molecule has 0 atom stereocenters. The first kappa shape index (κ1) is 14.3. The molecule has 2 rings (SSSR count). The van der Waals surface area contributed by atoms with Gasteiger partial charge >= 0.3 is 0 Å². The minimum absolute atomic E-state index is 0.0231. The maximum Gasteiger partial charge on any atom is 0.163 e. The number of carbonyl (C=O) groups excluding carboxylic acids is 1. The van der Waals surface area contributed by atoms with Crippen LogP contribution in [0, 0.1) is 0 Å². The summed E-state index contributed by atoms with van der Waals surface area (Å²) in [4.78, 5) is 15.8. The van der Waals surface area contributed by atoms with Crippen molar-refractivity contribution in [2.75, 3.05) is 6.61 Å². The molecule has 0 bridgehead atoms. The van der Waals surface area contributed by atoms with E-state index >= 15 is 0 Å². The van der Waals surface area contributed by atoms with Gasteiger partial charge in [-0.05, 0) is 25.5 Å². The number of nitrogens with zero attached hydrogens (tertiary/aromatic N) is 2. The van der Waals surface area contributed by atoms with Crippen molar-refractivity contribution in [1.29, 1.82) is 0 Å². The van der Waals surface area contributed by atoms with E-state index in [1.165, 1.54) is 0 Å². The highest BCUT2D eigenvalue weighted by Gasteiger charge is 2.07. The Labute approximate surface area is 119 Å². The van der Waals surface area contributed by atoms with Crippen LogP contribution < -0.4 is 4.74 Å². The van der Waals surface area contributed by atoms with Gasteiger partial charge in [-0.25, -0.2) is 4.98 Å². The highest BCUT2D eigenvalue weighted by molar-refractivity contribution is 5.96. The Kier molecular flexibility index (Phi) is 4.93. The number of para-hydroxylation sites is 1. The summed E-state index contributed by atoms with van der Waals surface area (Å²) in [7, 11) is 0. The van der Waals surface area contributed by atoms with Crippen LogP contribution in [0.15, 0.2) is 36.7 Å². The maximum atomic E-state index is 11.5. The topological polar surface area (TPSA) is 44.1 Å². The number of aryl methyl sites for hydroxylation is 1. The second-order valence-corrected chi connectivity index (χ2v) is 4.69. The van der Waals surface area contributed by atoms with Crippen LogP contribution >= 0.6 is 0 Å². The van der Waals surface area contributed by atoms with E-state index < -0.39 is 0 Å². The minimum atomic E-state index is 0.0231. The number of Topliss-reactive ketones (excluding diaryl/α,β-unsaturated/α-hetero) is 1. The summed E-state index contributed by atoms with van der Waals surface area (Å²) >= 11 is 0. The predicted octanol–water partition coefficient (Wildman–Crippen LogP) is 3.12. The molecule has 20 heavy (non-hydrogen) atoms. The van der Waals surface area contributed by atoms with Crippen LogP contribution in [-0.2, 0) is 13.0 Å². The van der Waals surface area contributed by atoms with Crippen molar-refractivity contribution in [3.05, 3.63) is 48.0 Å². The Hall–Kier alpha value is -2.10. The molecule has 0 unspecified atom stereocenters. The van der Waals surface area contributed by atoms with Gasteiger partial charge < -0.3 is 9.30 Å². The first-order valence-corrected chi connectivity index (χ1v) is 6.95. The van der Waals surface area contributed by atoms with Crippen molar-refractivity contribution >= 4 is 5.78 Å². The molecule has 0 spiro atoms. The highest BCUT2D eigenvalue weighted by atomic mass is 16.5. The summed E-state index contributed by atoms with van der Waals surface area (Å²) in [6.45, 7) is 4.95. The molecule has 0 saturated carbocycles. The Morgan fingerprint density at radius 3 is 2.90 bits per heavy atom. The van der Waals surface area contributed by atoms with Crippen LogP contribution in [0.3, 0.4) is 0 Å². The lowest BCUT2D eigenvalue weighted by molar-refractivity contribution is 0.101. The Morgan fingerprint density at radius 1 is 1.35 bits per heavy atom. The third-order valence-electron chi connectivity index (χ3n) is 3.13. The third-order valence-corrected chi connectivity index (χ3v) is 3.13. The largest absolute Gasteiger partial charge is 0.491 e. The van der Waals surface area contributed by atoms with Gasteiger partial charge in [-0.2, -0.15) is 0 Å². The van der Waals surface area contributed by atoms with Crippen molar-refractivity contribution in [2.24, 2.45) is 0 Å². The molecule has 0 fully saturated rings. The summed E-state index contributed by atoms with van der Waals surface area (Å²) in [5.74, 6) is 1.75. The van der Waals surface area contributed by atoms with Crippen LogP contribution in [0.4, 0.5) is 0 Å². The average Bonchev–Trinajstić information content (AvgIpc) is 2.87. The molecule has 0 aliphatic rings. The van der Waals surface area contributed by atoms with E-state index in [1.54, 1.807) is 13.0 Å². The molecule has 0 aliphatic carbocycles. The van der Waals surface area contributed by atoms with Crippen molar-refractivity contribution in [3.63, 3.8) is 0 Å². The SMILES string of the molecule is CCCc1nccn1CCOc1ccccc1C(C)=O. The number of benzene rings is 1. The van der Waals surface area contributed by atoms with E-state index in [0.29, 0.717) is 17.9 Å². The van der Waals surface area contributed by atoms with Crippen LogP contribution in [0.2, 0.25) is 0 Å². The molecule has 2 aromatic rings. The van der Waals surface area contributed by atoms with Crippen LogP contribution in [-0.4, -0.2) is 21.9 Å². The van der Waals surface area contributed by atoms with E-state index in [2.05, 4.69) is 16.5 Å². The lowest BCUT2D eigenvalue weighted by Crippen LogP contribution is -2.11. The molecule has 1 heterocycles. The van der Waals surface area contributed by atoms with Gasteiger partial charge in [0.05, 0.1) is 12.1 Å². The number of hydrogen-bond acceptors (Lipinski definition) is 3. The third kappa shape index (κ3) is 3.47. The molecule has 0 aliphatic heterocycles. The maximum absolute atomic E-state index is 11.5. The molecular formula is C16H20N2O2. The molecule has 1 aromatic carbocycles. The summed E-state index contributed by atoms with van der Waals surface area (Å²) in [6.07, 6.45) is 5.82. The first-order valence-electron chi connectivity index (χ1n) is 6.95. The fraction of sp³-hybridized carbons (Fsp3) is 0.375. The van der Waals surface area contributed by atoms with Gasteiger partial charge in [-0.15, -0.1) is 0 Å². The summed E-state index contributed by atoms with van der Waals surface area (Å²) in [6, 6.07) is 7.34.